The first-order valence-electron chi connectivity index (χ1n) is 8.01. The number of nitrogens with zero attached hydrogens (tertiary/aromatic N) is 6. The van der Waals surface area contributed by atoms with Crippen LogP contribution in [0.3, 0.4) is 0 Å². The average Bonchev–Trinajstić information content (AvgIpc) is 2.54. The Kier molecular flexibility index (Phi) is 3.88. The van der Waals surface area contributed by atoms with E-state index in [1.807, 2.05) is 7.05 Å². The van der Waals surface area contributed by atoms with Crippen LogP contribution < -0.4 is 9.80 Å². The summed E-state index contributed by atoms with van der Waals surface area (Å²) in [7, 11) is 2.05. The van der Waals surface area contributed by atoms with E-state index < -0.39 is 0 Å². The lowest BCUT2D eigenvalue weighted by Crippen LogP contribution is -2.59. The number of aromatic nitrogens is 4. The number of hydrogen-bond donors (Lipinski definition) is 0. The summed E-state index contributed by atoms with van der Waals surface area (Å²) < 4.78 is 0.897. The molecule has 0 bridgehead atoms. The predicted molar refractivity (Wildman–Crippen MR) is 92.8 cm³/mol. The molecule has 0 aromatic carbocycles. The smallest absolute Gasteiger partial charge is 0.225 e. The van der Waals surface area contributed by atoms with Gasteiger partial charge in [-0.1, -0.05) is 0 Å². The van der Waals surface area contributed by atoms with E-state index in [1.165, 1.54) is 24.1 Å². The molecule has 0 radical (unpaired) electrons. The number of aryl methyl sites for hydroxylation is 2. The van der Waals surface area contributed by atoms with Crippen LogP contribution in [0.2, 0.25) is 0 Å². The molecule has 0 unspecified atom stereocenters. The van der Waals surface area contributed by atoms with Crippen LogP contribution in [0.1, 0.15) is 24.1 Å². The van der Waals surface area contributed by atoms with Crippen molar-refractivity contribution < 1.29 is 0 Å². The zero-order chi connectivity index (χ0) is 15.8. The lowest BCUT2D eigenvalue weighted by molar-refractivity contribution is 0.483. The van der Waals surface area contributed by atoms with Gasteiger partial charge in [-0.25, -0.2) is 9.97 Å². The highest BCUT2D eigenvalue weighted by molar-refractivity contribution is 9.10. The quantitative estimate of drug-likeness (QED) is 0.820. The number of halogens is 1. The van der Waals surface area contributed by atoms with Gasteiger partial charge in [0.2, 0.25) is 5.95 Å². The Morgan fingerprint density at radius 2 is 1.87 bits per heavy atom. The van der Waals surface area contributed by atoms with E-state index in [0.717, 1.165) is 42.2 Å². The highest BCUT2D eigenvalue weighted by Crippen LogP contribution is 2.27. The molecule has 120 valence electrons. The van der Waals surface area contributed by atoms with Crippen LogP contribution >= 0.6 is 15.9 Å². The maximum Gasteiger partial charge on any atom is 0.225 e. The molecular weight excluding hydrogens is 356 g/mol. The molecule has 7 heteroatoms. The van der Waals surface area contributed by atoms with Crippen molar-refractivity contribution in [1.29, 1.82) is 0 Å². The van der Waals surface area contributed by atoms with Crippen molar-refractivity contribution in [3.8, 4) is 0 Å². The standard InChI is InChI=1S/C16H19BrN6/c1-22(16-18-7-12(17)8-19-16)13-9-23(10-13)15-6-11-4-2-3-5-14(11)20-21-15/h6-8,13H,2-5,9-10H2,1H3. The van der Waals surface area contributed by atoms with Gasteiger partial charge in [0, 0.05) is 32.5 Å². The van der Waals surface area contributed by atoms with Gasteiger partial charge in [-0.3, -0.25) is 0 Å². The molecule has 1 saturated heterocycles. The van der Waals surface area contributed by atoms with E-state index in [4.69, 9.17) is 0 Å². The molecule has 0 N–H and O–H groups in total. The molecule has 1 aliphatic heterocycles. The van der Waals surface area contributed by atoms with Crippen LogP contribution in [0.25, 0.3) is 0 Å². The van der Waals surface area contributed by atoms with Crippen LogP contribution in [0.15, 0.2) is 22.9 Å². The van der Waals surface area contributed by atoms with Crippen LogP contribution in [0.4, 0.5) is 11.8 Å². The molecule has 0 saturated carbocycles. The zero-order valence-corrected chi connectivity index (χ0v) is 14.7. The second kappa shape index (κ2) is 6.03. The van der Waals surface area contributed by atoms with Crippen molar-refractivity contribution in [3.05, 3.63) is 34.2 Å². The van der Waals surface area contributed by atoms with E-state index in [2.05, 4.69) is 52.0 Å². The van der Waals surface area contributed by atoms with Gasteiger partial charge >= 0.3 is 0 Å². The summed E-state index contributed by atoms with van der Waals surface area (Å²) in [5.74, 6) is 1.77. The van der Waals surface area contributed by atoms with Crippen LogP contribution in [0.5, 0.6) is 0 Å². The molecule has 2 aromatic heterocycles. The fourth-order valence-electron chi connectivity index (χ4n) is 3.17. The Balaban J connectivity index is 1.42. The average molecular weight is 375 g/mol. The summed E-state index contributed by atoms with van der Waals surface area (Å²) in [4.78, 5) is 13.1. The van der Waals surface area contributed by atoms with Crippen molar-refractivity contribution in [2.45, 2.75) is 31.7 Å². The van der Waals surface area contributed by atoms with Crippen molar-refractivity contribution >= 4 is 27.7 Å². The van der Waals surface area contributed by atoms with E-state index in [1.54, 1.807) is 12.4 Å². The van der Waals surface area contributed by atoms with Gasteiger partial charge in [0.05, 0.1) is 16.2 Å². The first-order valence-corrected chi connectivity index (χ1v) is 8.81. The largest absolute Gasteiger partial charge is 0.351 e. The van der Waals surface area contributed by atoms with Crippen LogP contribution in [0, 0.1) is 0 Å². The summed E-state index contributed by atoms with van der Waals surface area (Å²) in [6.45, 7) is 1.87. The molecule has 4 rings (SSSR count). The number of fused-ring (bicyclic) bond motifs is 1. The van der Waals surface area contributed by atoms with E-state index in [0.29, 0.717) is 6.04 Å². The normalized spacial score (nSPS) is 17.6. The van der Waals surface area contributed by atoms with Gasteiger partial charge in [-0.15, -0.1) is 5.10 Å². The first kappa shape index (κ1) is 14.8. The summed E-state index contributed by atoms with van der Waals surface area (Å²) >= 11 is 3.37. The summed E-state index contributed by atoms with van der Waals surface area (Å²) in [5.41, 5.74) is 2.58. The van der Waals surface area contributed by atoms with Crippen molar-refractivity contribution in [2.24, 2.45) is 0 Å². The lowest BCUT2D eigenvalue weighted by Gasteiger charge is -2.44. The highest BCUT2D eigenvalue weighted by atomic mass is 79.9. The number of hydrogen-bond acceptors (Lipinski definition) is 6. The summed E-state index contributed by atoms with van der Waals surface area (Å²) in [6, 6.07) is 2.64. The molecule has 3 heterocycles. The fourth-order valence-corrected chi connectivity index (χ4v) is 3.38. The van der Waals surface area contributed by atoms with E-state index >= 15 is 0 Å². The summed E-state index contributed by atoms with van der Waals surface area (Å²) in [5, 5.41) is 8.84. The van der Waals surface area contributed by atoms with Crippen molar-refractivity contribution in [2.75, 3.05) is 29.9 Å². The monoisotopic (exact) mass is 374 g/mol. The molecule has 0 atom stereocenters. The Bertz CT molecular complexity index is 698. The third-order valence-corrected chi connectivity index (χ3v) is 5.12. The first-order chi connectivity index (χ1) is 11.2. The second-order valence-corrected chi connectivity index (χ2v) is 7.17. The topological polar surface area (TPSA) is 58.0 Å². The fraction of sp³-hybridized carbons (Fsp3) is 0.500. The molecule has 1 fully saturated rings. The minimum atomic E-state index is 0.411. The van der Waals surface area contributed by atoms with Gasteiger partial charge in [0.25, 0.3) is 0 Å². The molecule has 0 amide bonds. The van der Waals surface area contributed by atoms with Crippen LogP contribution in [-0.4, -0.2) is 46.3 Å². The Hall–Kier alpha value is -1.76. The summed E-state index contributed by atoms with van der Waals surface area (Å²) in [6.07, 6.45) is 8.29. The number of likely N-dealkylation sites (N-methyl/N-ethyl adjacent to an activating group) is 1. The molecule has 6 nitrogen and oxygen atoms in total. The van der Waals surface area contributed by atoms with E-state index in [9.17, 15) is 0 Å². The SMILES string of the molecule is CN(c1ncc(Br)cn1)C1CN(c2cc3c(nn2)CCCC3)C1. The second-order valence-electron chi connectivity index (χ2n) is 6.25. The Morgan fingerprint density at radius 1 is 1.13 bits per heavy atom. The van der Waals surface area contributed by atoms with Crippen molar-refractivity contribution in [1.82, 2.24) is 20.2 Å². The number of rotatable bonds is 3. The third kappa shape index (κ3) is 2.89. The van der Waals surface area contributed by atoms with Gasteiger partial charge in [0.1, 0.15) is 0 Å². The third-order valence-electron chi connectivity index (χ3n) is 4.71. The molecule has 2 aromatic rings. The molecule has 2 aliphatic rings. The molecular formula is C16H19BrN6. The molecule has 0 spiro atoms. The molecule has 1 aliphatic carbocycles. The Labute approximate surface area is 144 Å². The Morgan fingerprint density at radius 3 is 2.65 bits per heavy atom. The maximum absolute atomic E-state index is 4.42. The minimum absolute atomic E-state index is 0.411. The van der Waals surface area contributed by atoms with E-state index in [-0.39, 0.29) is 0 Å². The van der Waals surface area contributed by atoms with Gasteiger partial charge < -0.3 is 9.80 Å². The van der Waals surface area contributed by atoms with Gasteiger partial charge in [-0.2, -0.15) is 5.10 Å². The number of anilines is 2. The highest BCUT2D eigenvalue weighted by Gasteiger charge is 2.32. The van der Waals surface area contributed by atoms with Crippen molar-refractivity contribution in [3.63, 3.8) is 0 Å². The zero-order valence-electron chi connectivity index (χ0n) is 13.1. The van der Waals surface area contributed by atoms with Gasteiger partial charge in [0.15, 0.2) is 5.82 Å². The van der Waals surface area contributed by atoms with Gasteiger partial charge in [-0.05, 0) is 53.2 Å². The maximum atomic E-state index is 4.42. The molecule has 23 heavy (non-hydrogen) atoms. The lowest BCUT2D eigenvalue weighted by atomic mass is 9.96. The van der Waals surface area contributed by atoms with Crippen LogP contribution in [-0.2, 0) is 12.8 Å². The minimum Gasteiger partial charge on any atom is -0.351 e. The predicted octanol–water partition coefficient (Wildman–Crippen LogP) is 2.23.